The second-order valence-corrected chi connectivity index (χ2v) is 9.27. The van der Waals surface area contributed by atoms with Gasteiger partial charge in [-0.3, -0.25) is 9.55 Å². The van der Waals surface area contributed by atoms with Gasteiger partial charge in [-0.25, -0.2) is 4.79 Å². The third-order valence-corrected chi connectivity index (χ3v) is 6.65. The summed E-state index contributed by atoms with van der Waals surface area (Å²) in [5, 5.41) is 11.7. The Bertz CT molecular complexity index is 1440. The largest absolute Gasteiger partial charge is 0.507 e. The average Bonchev–Trinajstić information content (AvgIpc) is 3.40. The number of phenols is 1. The van der Waals surface area contributed by atoms with E-state index in [1.807, 2.05) is 37.4 Å². The van der Waals surface area contributed by atoms with Crippen LogP contribution in [0.15, 0.2) is 66.0 Å². The summed E-state index contributed by atoms with van der Waals surface area (Å²) in [5.74, 6) is 0.156. The zero-order chi connectivity index (χ0) is 24.0. The lowest BCUT2D eigenvalue weighted by molar-refractivity contribution is 0.479. The summed E-state index contributed by atoms with van der Waals surface area (Å²) < 4.78 is 2.98. The predicted octanol–water partition coefficient (Wildman–Crippen LogP) is 4.11. The highest BCUT2D eigenvalue weighted by Crippen LogP contribution is 2.41. The van der Waals surface area contributed by atoms with Crippen LogP contribution in [0.3, 0.4) is 0 Å². The molecule has 34 heavy (non-hydrogen) atoms. The minimum atomic E-state index is -0.179. The fourth-order valence-corrected chi connectivity index (χ4v) is 4.78. The second-order valence-electron chi connectivity index (χ2n) is 8.86. The van der Waals surface area contributed by atoms with Gasteiger partial charge in [0.1, 0.15) is 5.75 Å². The predicted molar refractivity (Wildman–Crippen MR) is 136 cm³/mol. The smallest absolute Gasteiger partial charge is 0.332 e. The number of phenolic OH excluding ortho intramolecular Hbond substituents is 1. The molecule has 1 fully saturated rings. The Hall–Kier alpha value is -3.55. The number of imidazole rings is 1. The topological polar surface area (TPSA) is 89.3 Å². The van der Waals surface area contributed by atoms with E-state index in [1.54, 1.807) is 37.8 Å². The minimum absolute atomic E-state index is 0.156. The lowest BCUT2D eigenvalue weighted by atomic mass is 9.95. The van der Waals surface area contributed by atoms with Gasteiger partial charge in [-0.15, -0.1) is 0 Å². The third kappa shape index (κ3) is 3.97. The molecule has 3 N–H and O–H groups in total. The number of anilines is 1. The molecule has 5 rings (SSSR count). The van der Waals surface area contributed by atoms with Crippen LogP contribution >= 0.6 is 11.6 Å². The van der Waals surface area contributed by atoms with Crippen molar-refractivity contribution in [1.82, 2.24) is 14.1 Å². The molecule has 1 atom stereocenters. The van der Waals surface area contributed by atoms with Crippen molar-refractivity contribution in [2.45, 2.75) is 19.4 Å². The Morgan fingerprint density at radius 1 is 1.09 bits per heavy atom. The van der Waals surface area contributed by atoms with E-state index in [1.165, 1.54) is 9.13 Å². The fraction of sp³-hybridized carbons (Fsp3) is 0.231. The molecule has 2 aromatic heterocycles. The number of nitrogens with zero attached hydrogens (tertiary/aromatic N) is 4. The van der Waals surface area contributed by atoms with Crippen molar-refractivity contribution in [3.63, 3.8) is 0 Å². The number of halogens is 1. The van der Waals surface area contributed by atoms with Crippen molar-refractivity contribution >= 4 is 17.3 Å². The number of benzene rings is 2. The van der Waals surface area contributed by atoms with Gasteiger partial charge < -0.3 is 20.3 Å². The fourth-order valence-electron chi connectivity index (χ4n) is 4.51. The van der Waals surface area contributed by atoms with Gasteiger partial charge >= 0.3 is 5.69 Å². The van der Waals surface area contributed by atoms with E-state index in [2.05, 4.69) is 9.88 Å². The molecule has 3 heterocycles. The lowest BCUT2D eigenvalue weighted by Gasteiger charge is -2.19. The number of aryl methyl sites for hydroxylation is 2. The van der Waals surface area contributed by atoms with Crippen molar-refractivity contribution in [2.24, 2.45) is 12.8 Å². The Kier molecular flexibility index (Phi) is 5.67. The molecule has 0 aliphatic carbocycles. The van der Waals surface area contributed by atoms with Gasteiger partial charge in [0, 0.05) is 61.5 Å². The summed E-state index contributed by atoms with van der Waals surface area (Å²) in [6.07, 6.45) is 7.91. The van der Waals surface area contributed by atoms with Gasteiger partial charge in [-0.05, 0) is 54.8 Å². The molecule has 0 spiro atoms. The van der Waals surface area contributed by atoms with Crippen LogP contribution < -0.4 is 16.3 Å². The maximum atomic E-state index is 12.3. The molecule has 174 valence electrons. The lowest BCUT2D eigenvalue weighted by Crippen LogP contribution is -2.26. The van der Waals surface area contributed by atoms with Crippen molar-refractivity contribution in [3.8, 4) is 33.7 Å². The van der Waals surface area contributed by atoms with Crippen LogP contribution in [0, 0.1) is 6.92 Å². The van der Waals surface area contributed by atoms with Gasteiger partial charge in [-0.1, -0.05) is 17.7 Å². The molecule has 0 bridgehead atoms. The summed E-state index contributed by atoms with van der Waals surface area (Å²) in [4.78, 5) is 19.0. The van der Waals surface area contributed by atoms with Crippen LogP contribution in [0.25, 0.3) is 27.9 Å². The Balaban J connectivity index is 1.55. The summed E-state index contributed by atoms with van der Waals surface area (Å²) in [7, 11) is 1.69. The maximum absolute atomic E-state index is 12.3. The highest BCUT2D eigenvalue weighted by Gasteiger charge is 2.21. The Morgan fingerprint density at radius 3 is 2.50 bits per heavy atom. The number of hydrogen-bond acceptors (Lipinski definition) is 5. The first kappa shape index (κ1) is 22.3. The Labute approximate surface area is 202 Å². The number of hydrogen-bond donors (Lipinski definition) is 2. The molecule has 8 heteroatoms. The van der Waals surface area contributed by atoms with Gasteiger partial charge in [0.2, 0.25) is 0 Å². The molecule has 2 aromatic carbocycles. The molecule has 1 saturated heterocycles. The second kappa shape index (κ2) is 8.66. The van der Waals surface area contributed by atoms with Gasteiger partial charge in [0.25, 0.3) is 0 Å². The van der Waals surface area contributed by atoms with Crippen LogP contribution in [0.4, 0.5) is 5.69 Å². The van der Waals surface area contributed by atoms with Crippen LogP contribution in [0.5, 0.6) is 5.75 Å². The number of rotatable bonds is 4. The normalized spacial score (nSPS) is 15.8. The van der Waals surface area contributed by atoms with Crippen molar-refractivity contribution in [2.75, 3.05) is 18.0 Å². The van der Waals surface area contributed by atoms with Crippen LogP contribution in [-0.2, 0) is 7.05 Å². The van der Waals surface area contributed by atoms with E-state index in [0.29, 0.717) is 21.8 Å². The summed E-state index contributed by atoms with van der Waals surface area (Å²) in [6.45, 7) is 3.68. The summed E-state index contributed by atoms with van der Waals surface area (Å²) >= 11 is 6.57. The van der Waals surface area contributed by atoms with E-state index < -0.39 is 0 Å². The molecule has 1 aliphatic rings. The summed E-state index contributed by atoms with van der Waals surface area (Å²) in [5.41, 5.74) is 11.4. The number of aromatic nitrogens is 3. The highest BCUT2D eigenvalue weighted by molar-refractivity contribution is 6.32. The molecule has 0 radical (unpaired) electrons. The quantitative estimate of drug-likeness (QED) is 0.463. The molecule has 4 aromatic rings. The molecule has 0 saturated carbocycles. The van der Waals surface area contributed by atoms with Crippen LogP contribution in [0.1, 0.15) is 12.0 Å². The first-order chi connectivity index (χ1) is 16.3. The van der Waals surface area contributed by atoms with Crippen molar-refractivity contribution in [1.29, 1.82) is 0 Å². The third-order valence-electron chi connectivity index (χ3n) is 6.34. The first-order valence-corrected chi connectivity index (χ1v) is 11.5. The highest BCUT2D eigenvalue weighted by atomic mass is 35.5. The number of pyridine rings is 1. The molecule has 1 aliphatic heterocycles. The van der Waals surface area contributed by atoms with E-state index in [-0.39, 0.29) is 17.5 Å². The monoisotopic (exact) mass is 475 g/mol. The van der Waals surface area contributed by atoms with E-state index in [4.69, 9.17) is 17.3 Å². The zero-order valence-electron chi connectivity index (χ0n) is 19.1. The van der Waals surface area contributed by atoms with E-state index >= 15 is 0 Å². The van der Waals surface area contributed by atoms with Crippen molar-refractivity contribution in [3.05, 3.63) is 82.3 Å². The molecular weight excluding hydrogens is 450 g/mol. The molecule has 7 nitrogen and oxygen atoms in total. The first-order valence-electron chi connectivity index (χ1n) is 11.2. The van der Waals surface area contributed by atoms with Crippen LogP contribution in [0.2, 0.25) is 5.02 Å². The molecular formula is C26H26ClN5O2. The van der Waals surface area contributed by atoms with E-state index in [9.17, 15) is 9.90 Å². The maximum Gasteiger partial charge on any atom is 0.332 e. The molecule has 0 unspecified atom stereocenters. The zero-order valence-corrected chi connectivity index (χ0v) is 19.8. The number of aromatic hydroxyl groups is 1. The standard InChI is InChI=1S/C26H26ClN5O2/c1-16-9-21(17-3-4-24(23(27)12-17)32-8-7-30(2)26(32)34)25(33)22(10-16)18-11-20(14-29-13-18)31-6-5-19(28)15-31/h3-4,7-14,19,33H,5-6,15,28H2,1-2H3/t19-/m0/s1. The summed E-state index contributed by atoms with van der Waals surface area (Å²) in [6, 6.07) is 11.5. The van der Waals surface area contributed by atoms with Crippen molar-refractivity contribution < 1.29 is 5.11 Å². The van der Waals surface area contributed by atoms with Crippen LogP contribution in [-0.4, -0.2) is 38.4 Å². The Morgan fingerprint density at radius 2 is 1.85 bits per heavy atom. The van der Waals surface area contributed by atoms with Gasteiger partial charge in [0.15, 0.2) is 0 Å². The molecule has 0 amide bonds. The average molecular weight is 476 g/mol. The SMILES string of the molecule is Cc1cc(-c2cncc(N3CC[C@H](N)C3)c2)c(O)c(-c2ccc(-n3ccn(C)c3=O)c(Cl)c2)c1. The van der Waals surface area contributed by atoms with Gasteiger partial charge in [-0.2, -0.15) is 0 Å². The number of nitrogens with two attached hydrogens (primary N) is 1. The minimum Gasteiger partial charge on any atom is -0.507 e. The van der Waals surface area contributed by atoms with E-state index in [0.717, 1.165) is 41.9 Å². The van der Waals surface area contributed by atoms with Gasteiger partial charge in [0.05, 0.1) is 22.6 Å².